The van der Waals surface area contributed by atoms with Gasteiger partial charge in [-0.3, -0.25) is 4.79 Å². The van der Waals surface area contributed by atoms with Gasteiger partial charge in [-0.2, -0.15) is 0 Å². The van der Waals surface area contributed by atoms with Crippen LogP contribution in [0.5, 0.6) is 0 Å². The number of nitrogens with zero attached hydrogens (tertiary/aromatic N) is 3. The molecule has 0 saturated carbocycles. The lowest BCUT2D eigenvalue weighted by atomic mass is 10.1. The van der Waals surface area contributed by atoms with Crippen LogP contribution in [0.15, 0.2) is 53.0 Å². The summed E-state index contributed by atoms with van der Waals surface area (Å²) in [7, 11) is 1.40. The molecular formula is C17H17N3O2S2. The van der Waals surface area contributed by atoms with E-state index in [-0.39, 0.29) is 5.97 Å². The van der Waals surface area contributed by atoms with E-state index in [4.69, 9.17) is 4.74 Å². The molecule has 0 unspecified atom stereocenters. The molecule has 124 valence electrons. The molecule has 0 N–H and O–H groups in total. The third-order valence-corrected chi connectivity index (χ3v) is 5.59. The maximum absolute atomic E-state index is 12.3. The standard InChI is InChI=1S/C17H17N3O2S2/c1-3-20-15(13-10-7-11-23-13)18-19-17(20)24-14(16(21)22-2)12-8-5-4-6-9-12/h4-11,14H,3H2,1-2H3/t14-/m0/s1. The lowest BCUT2D eigenvalue weighted by Crippen LogP contribution is -2.12. The molecule has 1 atom stereocenters. The quantitative estimate of drug-likeness (QED) is 0.491. The SMILES string of the molecule is CCn1c(S[C@H](C(=O)OC)c2ccccc2)nnc1-c1cccs1. The Kier molecular flexibility index (Phi) is 5.32. The molecule has 0 spiro atoms. The van der Waals surface area contributed by atoms with Crippen molar-refractivity contribution in [2.24, 2.45) is 0 Å². The monoisotopic (exact) mass is 359 g/mol. The van der Waals surface area contributed by atoms with Gasteiger partial charge in [-0.1, -0.05) is 48.2 Å². The summed E-state index contributed by atoms with van der Waals surface area (Å²) in [5.41, 5.74) is 0.887. The van der Waals surface area contributed by atoms with Gasteiger partial charge in [-0.15, -0.1) is 21.5 Å². The van der Waals surface area contributed by atoms with Gasteiger partial charge in [0, 0.05) is 6.54 Å². The predicted octanol–water partition coefficient (Wildman–Crippen LogP) is 4.03. The minimum atomic E-state index is -0.470. The zero-order valence-electron chi connectivity index (χ0n) is 13.4. The van der Waals surface area contributed by atoms with E-state index in [0.717, 1.165) is 22.8 Å². The van der Waals surface area contributed by atoms with Crippen molar-refractivity contribution >= 4 is 29.1 Å². The Hall–Kier alpha value is -2.12. The summed E-state index contributed by atoms with van der Waals surface area (Å²) in [6.45, 7) is 2.77. The molecule has 2 aromatic heterocycles. The van der Waals surface area contributed by atoms with Gasteiger partial charge in [0.05, 0.1) is 12.0 Å². The zero-order valence-corrected chi connectivity index (χ0v) is 15.0. The second kappa shape index (κ2) is 7.63. The summed E-state index contributed by atoms with van der Waals surface area (Å²) in [6, 6.07) is 13.6. The molecule has 5 nitrogen and oxygen atoms in total. The number of methoxy groups -OCH3 is 1. The minimum absolute atomic E-state index is 0.297. The van der Waals surface area contributed by atoms with Gasteiger partial charge < -0.3 is 9.30 Å². The third kappa shape index (κ3) is 3.37. The first kappa shape index (κ1) is 16.7. The van der Waals surface area contributed by atoms with Crippen molar-refractivity contribution in [2.45, 2.75) is 23.9 Å². The Labute approximate surface area is 148 Å². The van der Waals surface area contributed by atoms with Crippen LogP contribution in [0.1, 0.15) is 17.7 Å². The number of benzene rings is 1. The predicted molar refractivity (Wildman–Crippen MR) is 96.1 cm³/mol. The molecule has 0 radical (unpaired) electrons. The maximum atomic E-state index is 12.3. The molecule has 0 bridgehead atoms. The fourth-order valence-electron chi connectivity index (χ4n) is 2.34. The molecule has 0 aliphatic heterocycles. The first-order valence-corrected chi connectivity index (χ1v) is 9.27. The number of esters is 1. The highest BCUT2D eigenvalue weighted by Crippen LogP contribution is 2.37. The second-order valence-corrected chi connectivity index (χ2v) is 6.98. The van der Waals surface area contributed by atoms with E-state index in [1.165, 1.54) is 18.9 Å². The number of ether oxygens (including phenoxy) is 1. The van der Waals surface area contributed by atoms with E-state index < -0.39 is 5.25 Å². The average molecular weight is 359 g/mol. The van der Waals surface area contributed by atoms with Crippen molar-refractivity contribution < 1.29 is 9.53 Å². The van der Waals surface area contributed by atoms with Crippen molar-refractivity contribution in [3.63, 3.8) is 0 Å². The average Bonchev–Trinajstić information content (AvgIpc) is 3.28. The Morgan fingerprint density at radius 2 is 2.04 bits per heavy atom. The Bertz CT molecular complexity index is 801. The zero-order chi connectivity index (χ0) is 16.9. The maximum Gasteiger partial charge on any atom is 0.323 e. The summed E-state index contributed by atoms with van der Waals surface area (Å²) in [5, 5.41) is 10.9. The van der Waals surface area contributed by atoms with Gasteiger partial charge in [0.15, 0.2) is 11.0 Å². The van der Waals surface area contributed by atoms with Crippen LogP contribution in [0.4, 0.5) is 0 Å². The molecule has 2 heterocycles. The van der Waals surface area contributed by atoms with Gasteiger partial charge in [-0.05, 0) is 23.9 Å². The molecule has 3 rings (SSSR count). The van der Waals surface area contributed by atoms with Crippen LogP contribution in [0.3, 0.4) is 0 Å². The number of carbonyl (C=O) groups is 1. The summed E-state index contributed by atoms with van der Waals surface area (Å²) < 4.78 is 7.00. The molecule has 0 fully saturated rings. The fourth-order valence-corrected chi connectivity index (χ4v) is 4.19. The van der Waals surface area contributed by atoms with E-state index in [1.54, 1.807) is 11.3 Å². The molecule has 0 aliphatic rings. The number of rotatable bonds is 6. The topological polar surface area (TPSA) is 57.0 Å². The van der Waals surface area contributed by atoms with Crippen LogP contribution >= 0.6 is 23.1 Å². The Balaban J connectivity index is 1.95. The highest BCUT2D eigenvalue weighted by Gasteiger charge is 2.26. The van der Waals surface area contributed by atoms with Crippen molar-refractivity contribution in [3.8, 4) is 10.7 Å². The lowest BCUT2D eigenvalue weighted by molar-refractivity contribution is -0.140. The van der Waals surface area contributed by atoms with Crippen LogP contribution in [-0.4, -0.2) is 27.8 Å². The Morgan fingerprint density at radius 3 is 2.67 bits per heavy atom. The van der Waals surface area contributed by atoms with Crippen molar-refractivity contribution in [3.05, 3.63) is 53.4 Å². The highest BCUT2D eigenvalue weighted by atomic mass is 32.2. The van der Waals surface area contributed by atoms with Gasteiger partial charge in [-0.25, -0.2) is 0 Å². The fraction of sp³-hybridized carbons (Fsp3) is 0.235. The molecule has 1 aromatic carbocycles. The minimum Gasteiger partial charge on any atom is -0.468 e. The van der Waals surface area contributed by atoms with E-state index in [2.05, 4.69) is 10.2 Å². The van der Waals surface area contributed by atoms with Crippen molar-refractivity contribution in [1.29, 1.82) is 0 Å². The van der Waals surface area contributed by atoms with E-state index >= 15 is 0 Å². The van der Waals surface area contributed by atoms with Crippen LogP contribution in [-0.2, 0) is 16.1 Å². The van der Waals surface area contributed by atoms with Crippen LogP contribution in [0.25, 0.3) is 10.7 Å². The molecule has 0 aliphatic carbocycles. The number of hydrogen-bond donors (Lipinski definition) is 0. The van der Waals surface area contributed by atoms with Gasteiger partial charge in [0.1, 0.15) is 5.25 Å². The summed E-state index contributed by atoms with van der Waals surface area (Å²) in [6.07, 6.45) is 0. The van der Waals surface area contributed by atoms with Crippen molar-refractivity contribution in [1.82, 2.24) is 14.8 Å². The van der Waals surface area contributed by atoms with Crippen LogP contribution in [0.2, 0.25) is 0 Å². The number of aromatic nitrogens is 3. The van der Waals surface area contributed by atoms with E-state index in [0.29, 0.717) is 5.16 Å². The number of thioether (sulfide) groups is 1. The molecule has 3 aromatic rings. The summed E-state index contributed by atoms with van der Waals surface area (Å²) in [4.78, 5) is 13.3. The molecule has 0 saturated heterocycles. The second-order valence-electron chi connectivity index (χ2n) is 4.96. The number of carbonyl (C=O) groups excluding carboxylic acids is 1. The first-order chi connectivity index (χ1) is 11.7. The number of thiophene rings is 1. The lowest BCUT2D eigenvalue weighted by Gasteiger charge is -2.14. The normalized spacial score (nSPS) is 12.1. The molecule has 24 heavy (non-hydrogen) atoms. The largest absolute Gasteiger partial charge is 0.468 e. The molecule has 0 amide bonds. The van der Waals surface area contributed by atoms with Crippen molar-refractivity contribution in [2.75, 3.05) is 7.11 Å². The summed E-state index contributed by atoms with van der Waals surface area (Å²) in [5.74, 6) is 0.529. The van der Waals surface area contributed by atoms with E-state index in [9.17, 15) is 4.79 Å². The molecular weight excluding hydrogens is 342 g/mol. The highest BCUT2D eigenvalue weighted by molar-refractivity contribution is 8.00. The van der Waals surface area contributed by atoms with E-state index in [1.807, 2.05) is 59.3 Å². The number of hydrogen-bond acceptors (Lipinski definition) is 6. The Morgan fingerprint density at radius 1 is 1.25 bits per heavy atom. The van der Waals surface area contributed by atoms with Crippen LogP contribution < -0.4 is 0 Å². The van der Waals surface area contributed by atoms with Gasteiger partial charge >= 0.3 is 5.97 Å². The van der Waals surface area contributed by atoms with Gasteiger partial charge in [0.25, 0.3) is 0 Å². The smallest absolute Gasteiger partial charge is 0.323 e. The third-order valence-electron chi connectivity index (χ3n) is 3.52. The summed E-state index contributed by atoms with van der Waals surface area (Å²) >= 11 is 2.98. The van der Waals surface area contributed by atoms with Gasteiger partial charge in [0.2, 0.25) is 0 Å². The van der Waals surface area contributed by atoms with Crippen LogP contribution in [0, 0.1) is 0 Å². The first-order valence-electron chi connectivity index (χ1n) is 7.51. The molecule has 7 heteroatoms.